The van der Waals surface area contributed by atoms with Gasteiger partial charge in [0.15, 0.2) is 0 Å². The summed E-state index contributed by atoms with van der Waals surface area (Å²) in [4.78, 5) is 27.5. The van der Waals surface area contributed by atoms with Gasteiger partial charge in [0.1, 0.15) is 24.2 Å². The van der Waals surface area contributed by atoms with Crippen molar-refractivity contribution in [2.45, 2.75) is 31.3 Å². The second-order valence-corrected chi connectivity index (χ2v) is 10.9. The number of carbonyl (C=O) groups excluding carboxylic acids is 2. The van der Waals surface area contributed by atoms with Gasteiger partial charge in [-0.3, -0.25) is 13.9 Å². The molecule has 2 amide bonds. The highest BCUT2D eigenvalue weighted by Gasteiger charge is 2.33. The van der Waals surface area contributed by atoms with Crippen LogP contribution in [0.25, 0.3) is 0 Å². The lowest BCUT2D eigenvalue weighted by atomic mass is 10.1. The number of hydrogen-bond donors (Lipinski definition) is 1. The van der Waals surface area contributed by atoms with Crippen LogP contribution in [0.1, 0.15) is 18.1 Å². The molecule has 3 rings (SSSR count). The van der Waals surface area contributed by atoms with Gasteiger partial charge in [-0.05, 0) is 61.9 Å². The Bertz CT molecular complexity index is 1400. The summed E-state index contributed by atoms with van der Waals surface area (Å²) >= 11 is 6.21. The van der Waals surface area contributed by atoms with Crippen LogP contribution >= 0.6 is 11.6 Å². The number of hydrogen-bond acceptors (Lipinski definition) is 5. The minimum atomic E-state index is -4.28. The molecule has 0 radical (unpaired) electrons. The Morgan fingerprint density at radius 1 is 1.05 bits per heavy atom. The molecular weight excluding hydrogens is 533 g/mol. The highest BCUT2D eigenvalue weighted by Crippen LogP contribution is 2.35. The van der Waals surface area contributed by atoms with Gasteiger partial charge < -0.3 is 15.0 Å². The Hall–Kier alpha value is -3.63. The number of nitrogens with one attached hydrogen (secondary N) is 1. The Morgan fingerprint density at radius 2 is 1.68 bits per heavy atom. The van der Waals surface area contributed by atoms with Crippen molar-refractivity contribution in [3.63, 3.8) is 0 Å². The molecule has 0 fully saturated rings. The van der Waals surface area contributed by atoms with Crippen molar-refractivity contribution >= 4 is 39.1 Å². The van der Waals surface area contributed by atoms with E-state index >= 15 is 0 Å². The number of halogens is 2. The Labute approximate surface area is 227 Å². The third kappa shape index (κ3) is 6.62. The van der Waals surface area contributed by atoms with E-state index in [1.54, 1.807) is 12.1 Å². The van der Waals surface area contributed by atoms with Crippen LogP contribution in [-0.2, 0) is 26.2 Å². The molecule has 1 atom stereocenters. The van der Waals surface area contributed by atoms with Gasteiger partial charge in [0.05, 0.1) is 17.7 Å². The summed E-state index contributed by atoms with van der Waals surface area (Å²) in [5.74, 6) is -1.38. The number of rotatable bonds is 10. The van der Waals surface area contributed by atoms with Crippen molar-refractivity contribution in [1.82, 2.24) is 10.2 Å². The maximum absolute atomic E-state index is 13.9. The largest absolute Gasteiger partial charge is 0.495 e. The number of methoxy groups -OCH3 is 1. The van der Waals surface area contributed by atoms with Crippen molar-refractivity contribution in [3.05, 3.63) is 88.7 Å². The second kappa shape index (κ2) is 12.3. The first kappa shape index (κ1) is 28.9. The topological polar surface area (TPSA) is 96.0 Å². The van der Waals surface area contributed by atoms with Gasteiger partial charge in [-0.25, -0.2) is 12.8 Å². The normalized spacial score (nSPS) is 11.9. The minimum Gasteiger partial charge on any atom is -0.495 e. The number of sulfonamides is 1. The van der Waals surface area contributed by atoms with Gasteiger partial charge >= 0.3 is 0 Å². The van der Waals surface area contributed by atoms with Gasteiger partial charge in [0, 0.05) is 18.6 Å². The van der Waals surface area contributed by atoms with E-state index < -0.39 is 40.2 Å². The van der Waals surface area contributed by atoms with Crippen LogP contribution in [0.3, 0.4) is 0 Å². The Morgan fingerprint density at radius 3 is 2.26 bits per heavy atom. The SMILES string of the molecule is CNC(=O)C(C)N(Cc1ccc(F)cc1)C(=O)CN(c1cc(Cl)ccc1OC)S(=O)(=O)c1ccc(C)cc1. The summed E-state index contributed by atoms with van der Waals surface area (Å²) in [5.41, 5.74) is 1.48. The van der Waals surface area contributed by atoms with E-state index in [4.69, 9.17) is 16.3 Å². The highest BCUT2D eigenvalue weighted by molar-refractivity contribution is 7.92. The summed E-state index contributed by atoms with van der Waals surface area (Å²) in [6.07, 6.45) is 0. The number of likely N-dealkylation sites (N-methyl/N-ethyl adjacent to an activating group) is 1. The zero-order chi connectivity index (χ0) is 28.0. The molecule has 8 nitrogen and oxygen atoms in total. The quantitative estimate of drug-likeness (QED) is 0.401. The Kier molecular flexibility index (Phi) is 9.35. The first-order valence-electron chi connectivity index (χ1n) is 11.7. The monoisotopic (exact) mass is 561 g/mol. The molecule has 0 aliphatic heterocycles. The maximum atomic E-state index is 13.9. The lowest BCUT2D eigenvalue weighted by Gasteiger charge is -2.32. The van der Waals surface area contributed by atoms with Crippen molar-refractivity contribution in [1.29, 1.82) is 0 Å². The molecule has 0 saturated carbocycles. The highest BCUT2D eigenvalue weighted by atomic mass is 35.5. The summed E-state index contributed by atoms with van der Waals surface area (Å²) in [5, 5.41) is 2.74. The molecule has 0 aromatic heterocycles. The maximum Gasteiger partial charge on any atom is 0.264 e. The minimum absolute atomic E-state index is 0.0395. The zero-order valence-corrected chi connectivity index (χ0v) is 23.0. The number of benzene rings is 3. The van der Waals surface area contributed by atoms with Gasteiger partial charge in [0.2, 0.25) is 11.8 Å². The average Bonchev–Trinajstić information content (AvgIpc) is 2.90. The lowest BCUT2D eigenvalue weighted by molar-refractivity contribution is -0.139. The lowest BCUT2D eigenvalue weighted by Crippen LogP contribution is -2.50. The van der Waals surface area contributed by atoms with Crippen molar-refractivity contribution in [2.75, 3.05) is 25.0 Å². The third-order valence-electron chi connectivity index (χ3n) is 5.98. The number of aryl methyl sites for hydroxylation is 1. The summed E-state index contributed by atoms with van der Waals surface area (Å²) in [6.45, 7) is 2.64. The molecule has 0 aliphatic carbocycles. The van der Waals surface area contributed by atoms with E-state index in [1.165, 1.54) is 80.6 Å². The number of nitrogens with zero attached hydrogens (tertiary/aromatic N) is 2. The van der Waals surface area contributed by atoms with Crippen LogP contribution in [0.5, 0.6) is 5.75 Å². The molecule has 0 spiro atoms. The fourth-order valence-electron chi connectivity index (χ4n) is 3.79. The standard InChI is InChI=1S/C27H29ClFN3O5S/c1-18-5-12-23(13-6-18)38(35,36)32(24-15-21(28)9-14-25(24)37-4)17-26(33)31(19(2)27(34)30-3)16-20-7-10-22(29)11-8-20/h5-15,19H,16-17H2,1-4H3,(H,30,34). The van der Waals surface area contributed by atoms with Crippen LogP contribution in [0.4, 0.5) is 10.1 Å². The third-order valence-corrected chi connectivity index (χ3v) is 7.99. The number of amides is 2. The van der Waals surface area contributed by atoms with E-state index in [2.05, 4.69) is 5.32 Å². The predicted molar refractivity (Wildman–Crippen MR) is 144 cm³/mol. The summed E-state index contributed by atoms with van der Waals surface area (Å²) in [7, 11) is -1.47. The molecule has 11 heteroatoms. The molecule has 1 unspecified atom stereocenters. The van der Waals surface area contributed by atoms with Crippen LogP contribution in [0.15, 0.2) is 71.6 Å². The van der Waals surface area contributed by atoms with E-state index in [-0.39, 0.29) is 27.9 Å². The second-order valence-electron chi connectivity index (χ2n) is 8.58. The molecule has 1 N–H and O–H groups in total. The van der Waals surface area contributed by atoms with Gasteiger partial charge in [-0.15, -0.1) is 0 Å². The van der Waals surface area contributed by atoms with E-state index in [1.807, 2.05) is 6.92 Å². The zero-order valence-electron chi connectivity index (χ0n) is 21.4. The molecule has 38 heavy (non-hydrogen) atoms. The first-order valence-corrected chi connectivity index (χ1v) is 13.5. The summed E-state index contributed by atoms with van der Waals surface area (Å²) in [6, 6.07) is 15.1. The molecule has 3 aromatic rings. The fourth-order valence-corrected chi connectivity index (χ4v) is 5.37. The van der Waals surface area contributed by atoms with E-state index in [0.29, 0.717) is 5.56 Å². The van der Waals surface area contributed by atoms with Crippen LogP contribution in [0, 0.1) is 12.7 Å². The average molecular weight is 562 g/mol. The molecular formula is C27H29ClFN3O5S. The van der Waals surface area contributed by atoms with Crippen LogP contribution in [-0.4, -0.2) is 51.9 Å². The molecule has 202 valence electrons. The van der Waals surface area contributed by atoms with E-state index in [9.17, 15) is 22.4 Å². The Balaban J connectivity index is 2.10. The van der Waals surface area contributed by atoms with Crippen LogP contribution < -0.4 is 14.4 Å². The van der Waals surface area contributed by atoms with Gasteiger partial charge in [0.25, 0.3) is 10.0 Å². The number of anilines is 1. The molecule has 0 heterocycles. The molecule has 0 bridgehead atoms. The fraction of sp³-hybridized carbons (Fsp3) is 0.259. The van der Waals surface area contributed by atoms with Crippen molar-refractivity contribution in [3.8, 4) is 5.75 Å². The number of carbonyl (C=O) groups is 2. The smallest absolute Gasteiger partial charge is 0.264 e. The molecule has 0 saturated heterocycles. The van der Waals surface area contributed by atoms with Crippen molar-refractivity contribution < 1.29 is 27.1 Å². The van der Waals surface area contributed by atoms with Crippen LogP contribution in [0.2, 0.25) is 5.02 Å². The van der Waals surface area contributed by atoms with Crippen molar-refractivity contribution in [2.24, 2.45) is 0 Å². The molecule has 3 aromatic carbocycles. The van der Waals surface area contributed by atoms with Gasteiger partial charge in [-0.2, -0.15) is 0 Å². The first-order chi connectivity index (χ1) is 18.0. The predicted octanol–water partition coefficient (Wildman–Crippen LogP) is 4.15. The summed E-state index contributed by atoms with van der Waals surface area (Å²) < 4.78 is 47.5. The van der Waals surface area contributed by atoms with Gasteiger partial charge in [-0.1, -0.05) is 41.4 Å². The van der Waals surface area contributed by atoms with E-state index in [0.717, 1.165) is 9.87 Å². The number of ether oxygens (including phenoxy) is 1. The molecule has 0 aliphatic rings.